The molecule has 9 aromatic carbocycles. The van der Waals surface area contributed by atoms with Gasteiger partial charge in [0.2, 0.25) is 0 Å². The molecule has 12 aromatic rings. The van der Waals surface area contributed by atoms with Crippen LogP contribution in [0.1, 0.15) is 0 Å². The first kappa shape index (κ1) is 29.7. The summed E-state index contributed by atoms with van der Waals surface area (Å²) in [4.78, 5) is 10.9. The van der Waals surface area contributed by atoms with Crippen molar-refractivity contribution in [2.75, 3.05) is 0 Å². The molecular weight excluding hydrogens is 675 g/mol. The SMILES string of the molecule is c1ccc2cc(-c3nc4ccccc4nc3-n3c4cc5ccccc5cc4c4cccc(-c5ccc6c(c5)sc5ccc7ccccc7c56)c43)ccc2c1. The molecule has 0 aliphatic rings. The Balaban J connectivity index is 1.20. The van der Waals surface area contributed by atoms with E-state index >= 15 is 0 Å². The smallest absolute Gasteiger partial charge is 0.165 e. The number of benzene rings is 9. The predicted octanol–water partition coefficient (Wildman–Crippen LogP) is 13.9. The van der Waals surface area contributed by atoms with E-state index in [1.54, 1.807) is 0 Å². The number of thiophene rings is 1. The second-order valence-electron chi connectivity index (χ2n) is 14.2. The highest BCUT2D eigenvalue weighted by molar-refractivity contribution is 7.26. The van der Waals surface area contributed by atoms with E-state index in [0.717, 1.165) is 44.7 Å². The van der Waals surface area contributed by atoms with Gasteiger partial charge in [-0.15, -0.1) is 11.3 Å². The summed E-state index contributed by atoms with van der Waals surface area (Å²) >= 11 is 1.87. The van der Waals surface area contributed by atoms with Crippen molar-refractivity contribution < 1.29 is 0 Å². The summed E-state index contributed by atoms with van der Waals surface area (Å²) < 4.78 is 4.98. The van der Waals surface area contributed by atoms with Crippen LogP contribution in [0.5, 0.6) is 0 Å². The molecule has 12 rings (SSSR count). The Morgan fingerprint density at radius 3 is 1.93 bits per heavy atom. The maximum atomic E-state index is 5.50. The lowest BCUT2D eigenvalue weighted by Crippen LogP contribution is -2.04. The number of aromatic nitrogens is 3. The number of hydrogen-bond donors (Lipinski definition) is 0. The highest BCUT2D eigenvalue weighted by Crippen LogP contribution is 2.44. The summed E-state index contributed by atoms with van der Waals surface area (Å²) in [7, 11) is 0. The lowest BCUT2D eigenvalue weighted by atomic mass is 9.99. The predicted molar refractivity (Wildman–Crippen MR) is 230 cm³/mol. The molecule has 0 unspecified atom stereocenters. The zero-order valence-electron chi connectivity index (χ0n) is 29.0. The van der Waals surface area contributed by atoms with Crippen LogP contribution < -0.4 is 0 Å². The van der Waals surface area contributed by atoms with Gasteiger partial charge in [-0.25, -0.2) is 9.97 Å². The van der Waals surface area contributed by atoms with Crippen molar-refractivity contribution in [3.8, 4) is 28.2 Å². The Bertz CT molecular complexity index is 3520. The second-order valence-corrected chi connectivity index (χ2v) is 15.3. The number of nitrogens with zero attached hydrogens (tertiary/aromatic N) is 3. The summed E-state index contributed by atoms with van der Waals surface area (Å²) in [5.41, 5.74) is 8.21. The highest BCUT2D eigenvalue weighted by Gasteiger charge is 2.23. The molecule has 3 aromatic heterocycles. The van der Waals surface area contributed by atoms with Crippen molar-refractivity contribution in [2.45, 2.75) is 0 Å². The fourth-order valence-corrected chi connectivity index (χ4v) is 9.76. The molecule has 0 aliphatic carbocycles. The van der Waals surface area contributed by atoms with Crippen LogP contribution in [0, 0.1) is 0 Å². The van der Waals surface area contributed by atoms with Gasteiger partial charge >= 0.3 is 0 Å². The van der Waals surface area contributed by atoms with Crippen molar-refractivity contribution in [1.82, 2.24) is 14.5 Å². The average molecular weight is 704 g/mol. The summed E-state index contributed by atoms with van der Waals surface area (Å²) in [6.45, 7) is 0. The normalized spacial score (nSPS) is 12.1. The van der Waals surface area contributed by atoms with Crippen molar-refractivity contribution in [2.24, 2.45) is 0 Å². The van der Waals surface area contributed by atoms with Gasteiger partial charge in [0.25, 0.3) is 0 Å². The Morgan fingerprint density at radius 1 is 0.407 bits per heavy atom. The Morgan fingerprint density at radius 2 is 1.07 bits per heavy atom. The van der Waals surface area contributed by atoms with Crippen molar-refractivity contribution >= 4 is 96.7 Å². The first-order chi connectivity index (χ1) is 26.7. The van der Waals surface area contributed by atoms with Gasteiger partial charge in [0, 0.05) is 42.1 Å². The maximum absolute atomic E-state index is 5.50. The molecule has 0 amide bonds. The average Bonchev–Trinajstić information content (AvgIpc) is 3.77. The molecule has 54 heavy (non-hydrogen) atoms. The van der Waals surface area contributed by atoms with Crippen molar-refractivity contribution in [3.63, 3.8) is 0 Å². The molecule has 0 atom stereocenters. The van der Waals surface area contributed by atoms with Gasteiger partial charge in [0.05, 0.1) is 22.1 Å². The van der Waals surface area contributed by atoms with Gasteiger partial charge in [-0.05, 0) is 80.3 Å². The van der Waals surface area contributed by atoms with Crippen LogP contribution in [0.25, 0.3) is 114 Å². The molecule has 0 spiro atoms. The molecule has 3 nitrogen and oxygen atoms in total. The molecule has 0 saturated carbocycles. The first-order valence-electron chi connectivity index (χ1n) is 18.3. The maximum Gasteiger partial charge on any atom is 0.165 e. The summed E-state index contributed by atoms with van der Waals surface area (Å²) in [6.07, 6.45) is 0. The van der Waals surface area contributed by atoms with Crippen molar-refractivity contribution in [1.29, 1.82) is 0 Å². The fourth-order valence-electron chi connectivity index (χ4n) is 8.59. The summed E-state index contributed by atoms with van der Waals surface area (Å²) in [5.74, 6) is 0.820. The van der Waals surface area contributed by atoms with Crippen LogP contribution in [0.4, 0.5) is 0 Å². The third kappa shape index (κ3) is 4.35. The van der Waals surface area contributed by atoms with Crippen molar-refractivity contribution in [3.05, 3.63) is 176 Å². The second kappa shape index (κ2) is 11.3. The third-order valence-electron chi connectivity index (χ3n) is 11.1. The van der Waals surface area contributed by atoms with E-state index in [1.807, 2.05) is 23.5 Å². The molecular formula is C50H29N3S. The van der Waals surface area contributed by atoms with E-state index in [0.29, 0.717) is 0 Å². The zero-order valence-corrected chi connectivity index (χ0v) is 29.8. The van der Waals surface area contributed by atoms with Gasteiger partial charge in [-0.2, -0.15) is 0 Å². The molecule has 0 aliphatic heterocycles. The topological polar surface area (TPSA) is 30.7 Å². The van der Waals surface area contributed by atoms with E-state index in [1.165, 1.54) is 68.8 Å². The van der Waals surface area contributed by atoms with Gasteiger partial charge in [0.1, 0.15) is 5.69 Å². The van der Waals surface area contributed by atoms with Gasteiger partial charge < -0.3 is 0 Å². The molecule has 0 bridgehead atoms. The minimum atomic E-state index is 0.820. The molecule has 0 radical (unpaired) electrons. The molecule has 4 heteroatoms. The van der Waals surface area contributed by atoms with Gasteiger partial charge in [-0.3, -0.25) is 4.57 Å². The standard InChI is InChI=1S/C50H29N3S/c1-2-12-32-26-36(21-20-30(32)10-1)48-50(52-43-19-8-7-18-42(43)51-48)53-44-28-34-14-4-3-13-33(34)27-41(44)39-17-9-16-38(49(39)53)35-22-24-40-46(29-35)54-45-25-23-31-11-5-6-15-37(31)47(40)45/h1-29H. The quantitative estimate of drug-likeness (QED) is 0.183. The number of hydrogen-bond acceptors (Lipinski definition) is 3. The van der Waals surface area contributed by atoms with Crippen LogP contribution in [0.3, 0.4) is 0 Å². The fraction of sp³-hybridized carbons (Fsp3) is 0. The van der Waals surface area contributed by atoms with E-state index in [9.17, 15) is 0 Å². The van der Waals surface area contributed by atoms with E-state index in [4.69, 9.17) is 9.97 Å². The van der Waals surface area contributed by atoms with Gasteiger partial charge in [-0.1, -0.05) is 133 Å². The van der Waals surface area contributed by atoms with Crippen LogP contribution >= 0.6 is 11.3 Å². The minimum absolute atomic E-state index is 0.820. The highest BCUT2D eigenvalue weighted by atomic mass is 32.1. The number of fused-ring (bicyclic) bond motifs is 11. The molecule has 0 N–H and O–H groups in total. The third-order valence-corrected chi connectivity index (χ3v) is 12.2. The van der Waals surface area contributed by atoms with E-state index < -0.39 is 0 Å². The lowest BCUT2D eigenvalue weighted by molar-refractivity contribution is 1.08. The van der Waals surface area contributed by atoms with Crippen LogP contribution in [0.15, 0.2) is 176 Å². The first-order valence-corrected chi connectivity index (χ1v) is 19.1. The molecule has 0 saturated heterocycles. The zero-order chi connectivity index (χ0) is 35.3. The van der Waals surface area contributed by atoms with Crippen LogP contribution in [-0.2, 0) is 0 Å². The Kier molecular flexibility index (Phi) is 6.21. The monoisotopic (exact) mass is 703 g/mol. The van der Waals surface area contributed by atoms with E-state index in [2.05, 4.69) is 168 Å². The largest absolute Gasteiger partial charge is 0.291 e. The van der Waals surface area contributed by atoms with Crippen LogP contribution in [-0.4, -0.2) is 14.5 Å². The molecule has 3 heterocycles. The summed E-state index contributed by atoms with van der Waals surface area (Å²) in [6, 6.07) is 63.7. The minimum Gasteiger partial charge on any atom is -0.291 e. The van der Waals surface area contributed by atoms with Crippen LogP contribution in [0.2, 0.25) is 0 Å². The number of rotatable bonds is 3. The summed E-state index contributed by atoms with van der Waals surface area (Å²) in [5, 5.41) is 12.4. The molecule has 0 fully saturated rings. The number of para-hydroxylation sites is 3. The lowest BCUT2D eigenvalue weighted by Gasteiger charge is -2.16. The Hall–Kier alpha value is -6.88. The molecule has 250 valence electrons. The van der Waals surface area contributed by atoms with E-state index in [-0.39, 0.29) is 0 Å². The Labute approximate surface area is 314 Å². The van der Waals surface area contributed by atoms with Gasteiger partial charge in [0.15, 0.2) is 5.82 Å².